The minimum absolute atomic E-state index is 0.0817. The van der Waals surface area contributed by atoms with E-state index in [4.69, 9.17) is 9.47 Å². The van der Waals surface area contributed by atoms with Crippen LogP contribution in [0.1, 0.15) is 5.56 Å². The summed E-state index contributed by atoms with van der Waals surface area (Å²) in [6, 6.07) is 0. The summed E-state index contributed by atoms with van der Waals surface area (Å²) in [4.78, 5) is 8.63. The van der Waals surface area contributed by atoms with Crippen molar-refractivity contribution in [2.75, 3.05) is 13.2 Å². The van der Waals surface area contributed by atoms with Crippen LogP contribution < -0.4 is 21.2 Å². The third-order valence-electron chi connectivity index (χ3n) is 1.82. The summed E-state index contributed by atoms with van der Waals surface area (Å²) in [5, 5.41) is 0. The van der Waals surface area contributed by atoms with Gasteiger partial charge in [-0.05, 0) is 0 Å². The Morgan fingerprint density at radius 1 is 1.33 bits per heavy atom. The number of alkyl halides is 2. The zero-order chi connectivity index (χ0) is 10.7. The molecule has 0 aliphatic carbocycles. The molecule has 2 heterocycles. The molecule has 4 nitrogen and oxygen atoms in total. The maximum absolute atomic E-state index is 5.42. The van der Waals surface area contributed by atoms with E-state index in [1.54, 1.807) is 0 Å². The predicted molar refractivity (Wildman–Crippen MR) is 59.0 cm³/mol. The molecule has 1 aliphatic rings. The Labute approximate surface area is 113 Å². The van der Waals surface area contributed by atoms with Crippen molar-refractivity contribution in [1.29, 1.82) is 0 Å². The third kappa shape index (κ3) is 3.75. The molecule has 0 saturated carbocycles. The Hall–Kier alpha value is 0.460. The van der Waals surface area contributed by atoms with Gasteiger partial charge in [0.15, 0.2) is 0 Å². The summed E-state index contributed by atoms with van der Waals surface area (Å²) < 4.78 is 12.2. The fourth-order valence-corrected chi connectivity index (χ4v) is 3.67. The molecular weight excluding hydrogens is 422 g/mol. The second-order valence-corrected chi connectivity index (χ2v) is 7.54. The molecule has 0 atom stereocenters. The van der Waals surface area contributed by atoms with Gasteiger partial charge in [-0.3, -0.25) is 0 Å². The quantitative estimate of drug-likeness (QED) is 0.313. The molecule has 0 amide bonds. The predicted octanol–water partition coefficient (Wildman–Crippen LogP) is -1.82. The van der Waals surface area contributed by atoms with Gasteiger partial charge in [0, 0.05) is 0 Å². The van der Waals surface area contributed by atoms with Crippen LogP contribution in [0.3, 0.4) is 0 Å². The Morgan fingerprint density at radius 2 is 1.93 bits per heavy atom. The average Bonchev–Trinajstić information content (AvgIpc) is 2.25. The average molecular weight is 433 g/mol. The summed E-state index contributed by atoms with van der Waals surface area (Å²) in [5.74, 6) is 0. The molecule has 0 radical (unpaired) electrons. The van der Waals surface area contributed by atoms with E-state index in [0.29, 0.717) is 3.92 Å². The van der Waals surface area contributed by atoms with Gasteiger partial charge in [-0.2, -0.15) is 0 Å². The normalized spacial score (nSPS) is 26.8. The van der Waals surface area contributed by atoms with E-state index in [9.17, 15) is 0 Å². The molecule has 1 fully saturated rings. The van der Waals surface area contributed by atoms with Gasteiger partial charge in [-0.1, -0.05) is 0 Å². The van der Waals surface area contributed by atoms with Crippen LogP contribution in [0.4, 0.5) is 0 Å². The SMILES string of the molecule is Cc1cnc([I-]C2COC(I)OC2)nc1. The molecule has 1 aromatic heterocycles. The van der Waals surface area contributed by atoms with Gasteiger partial charge in [0.2, 0.25) is 0 Å². The second-order valence-electron chi connectivity index (χ2n) is 3.18. The molecule has 15 heavy (non-hydrogen) atoms. The molecule has 1 saturated heterocycles. The number of aryl methyl sites for hydroxylation is 1. The first kappa shape index (κ1) is 11.9. The second kappa shape index (κ2) is 5.69. The van der Waals surface area contributed by atoms with E-state index in [1.165, 1.54) is 0 Å². The van der Waals surface area contributed by atoms with Crippen molar-refractivity contribution < 1.29 is 30.7 Å². The van der Waals surface area contributed by atoms with Crippen LogP contribution in [0.5, 0.6) is 0 Å². The van der Waals surface area contributed by atoms with Crippen molar-refractivity contribution in [2.45, 2.75) is 15.1 Å². The van der Waals surface area contributed by atoms with E-state index in [1.807, 2.05) is 19.3 Å². The molecule has 0 N–H and O–H groups in total. The maximum atomic E-state index is 5.42. The van der Waals surface area contributed by atoms with Crippen molar-refractivity contribution in [1.82, 2.24) is 9.97 Å². The van der Waals surface area contributed by atoms with Crippen LogP contribution in [0.25, 0.3) is 0 Å². The van der Waals surface area contributed by atoms with E-state index in [2.05, 4.69) is 32.6 Å². The van der Waals surface area contributed by atoms with Gasteiger partial charge < -0.3 is 0 Å². The Kier molecular flexibility index (Phi) is 4.52. The molecule has 0 unspecified atom stereocenters. The van der Waals surface area contributed by atoms with Crippen LogP contribution in [-0.4, -0.2) is 31.4 Å². The Balaban J connectivity index is 1.89. The van der Waals surface area contributed by atoms with Gasteiger partial charge in [0.25, 0.3) is 0 Å². The van der Waals surface area contributed by atoms with Crippen LogP contribution in [-0.2, 0) is 9.47 Å². The fourth-order valence-electron chi connectivity index (χ4n) is 1.09. The van der Waals surface area contributed by atoms with Gasteiger partial charge in [0.05, 0.1) is 0 Å². The molecule has 0 aromatic carbocycles. The van der Waals surface area contributed by atoms with Gasteiger partial charge in [-0.25, -0.2) is 0 Å². The molecule has 1 aliphatic heterocycles. The minimum atomic E-state index is -0.202. The molecule has 6 heteroatoms. The van der Waals surface area contributed by atoms with Crippen LogP contribution in [0, 0.1) is 10.8 Å². The summed E-state index contributed by atoms with van der Waals surface area (Å²) in [7, 11) is 0. The molecule has 0 bridgehead atoms. The van der Waals surface area contributed by atoms with Gasteiger partial charge in [-0.15, -0.1) is 0 Å². The first-order valence-corrected chi connectivity index (χ1v) is 8.10. The van der Waals surface area contributed by atoms with Crippen LogP contribution in [0.2, 0.25) is 0 Å². The van der Waals surface area contributed by atoms with E-state index in [-0.39, 0.29) is 25.5 Å². The zero-order valence-corrected chi connectivity index (χ0v) is 12.5. The first-order valence-electron chi connectivity index (χ1n) is 4.53. The number of hydrogen-bond acceptors (Lipinski definition) is 4. The molecule has 0 spiro atoms. The summed E-state index contributed by atoms with van der Waals surface area (Å²) >= 11 is 1.94. The Morgan fingerprint density at radius 3 is 2.53 bits per heavy atom. The van der Waals surface area contributed by atoms with Crippen LogP contribution >= 0.6 is 22.6 Å². The number of aromatic nitrogens is 2. The molecular formula is C9H11I2N2O2-. The fraction of sp³-hybridized carbons (Fsp3) is 0.556. The monoisotopic (exact) mass is 433 g/mol. The third-order valence-corrected chi connectivity index (χ3v) is 5.25. The summed E-state index contributed by atoms with van der Waals surface area (Å²) in [6.07, 6.45) is 3.74. The van der Waals surface area contributed by atoms with Crippen molar-refractivity contribution in [2.24, 2.45) is 0 Å². The van der Waals surface area contributed by atoms with E-state index < -0.39 is 0 Å². The first-order chi connectivity index (χ1) is 7.24. The molecule has 84 valence electrons. The number of halogens is 2. The topological polar surface area (TPSA) is 44.2 Å². The van der Waals surface area contributed by atoms with Crippen molar-refractivity contribution >= 4 is 22.6 Å². The summed E-state index contributed by atoms with van der Waals surface area (Å²) in [6.45, 7) is 3.55. The van der Waals surface area contributed by atoms with Gasteiger partial charge >= 0.3 is 113 Å². The van der Waals surface area contributed by atoms with Crippen molar-refractivity contribution in [3.63, 3.8) is 0 Å². The number of ether oxygens (including phenoxy) is 2. The molecule has 1 aromatic rings. The Bertz CT molecular complexity index is 312. The van der Waals surface area contributed by atoms with E-state index in [0.717, 1.165) is 22.6 Å². The standard InChI is InChI=1S/C9H11I2N2O2/c1-6-2-12-9(13-3-6)11-7-4-14-8(10)15-5-7/h2-3,7-8H,4-5H2,1H3/q-1. The number of rotatable bonds is 2. The van der Waals surface area contributed by atoms with Crippen LogP contribution in [0.15, 0.2) is 12.4 Å². The van der Waals surface area contributed by atoms with Gasteiger partial charge in [0.1, 0.15) is 0 Å². The number of hydrogen-bond donors (Lipinski definition) is 0. The summed E-state index contributed by atoms with van der Waals surface area (Å²) in [5.41, 5.74) is 1.10. The van der Waals surface area contributed by atoms with E-state index >= 15 is 0 Å². The van der Waals surface area contributed by atoms with Crippen molar-refractivity contribution in [3.05, 3.63) is 21.8 Å². The van der Waals surface area contributed by atoms with Crippen molar-refractivity contribution in [3.8, 4) is 0 Å². The number of nitrogens with zero attached hydrogens (tertiary/aromatic N) is 2. The zero-order valence-electron chi connectivity index (χ0n) is 8.19. The molecule has 2 rings (SSSR count).